The zero-order valence-electron chi connectivity index (χ0n) is 20.2. The van der Waals surface area contributed by atoms with Crippen molar-refractivity contribution in [3.8, 4) is 0 Å². The molecule has 0 aliphatic heterocycles. The fourth-order valence-electron chi connectivity index (χ4n) is 6.06. The van der Waals surface area contributed by atoms with E-state index in [-0.39, 0.29) is 5.92 Å². The van der Waals surface area contributed by atoms with Gasteiger partial charge in [-0.25, -0.2) is 0 Å². The number of unbranched alkanes of at least 4 members (excludes halogenated alkanes) is 1. The van der Waals surface area contributed by atoms with Crippen LogP contribution in [0.4, 0.5) is 18.9 Å². The number of halogens is 3. The summed E-state index contributed by atoms with van der Waals surface area (Å²) in [6.45, 7) is 1.46. The van der Waals surface area contributed by atoms with Gasteiger partial charge in [0.05, 0.1) is 10.9 Å². The minimum Gasteiger partial charge on any atom is -0.398 e. The number of alkyl halides is 3. The summed E-state index contributed by atoms with van der Waals surface area (Å²) in [4.78, 5) is 13.7. The van der Waals surface area contributed by atoms with E-state index >= 15 is 0 Å². The van der Waals surface area contributed by atoms with Crippen molar-refractivity contribution in [2.75, 3.05) is 12.3 Å². The Morgan fingerprint density at radius 3 is 2.75 bits per heavy atom. The van der Waals surface area contributed by atoms with Crippen molar-refractivity contribution < 1.29 is 18.0 Å². The minimum absolute atomic E-state index is 0.0606. The second-order valence-electron chi connectivity index (χ2n) is 9.86. The normalized spacial score (nSPS) is 21.1. The maximum absolute atomic E-state index is 13.7. The van der Waals surface area contributed by atoms with E-state index in [4.69, 9.17) is 5.73 Å². The van der Waals surface area contributed by atoms with Crippen molar-refractivity contribution >= 4 is 28.1 Å². The van der Waals surface area contributed by atoms with Crippen LogP contribution in [-0.2, 0) is 16.8 Å². The molecule has 7 heteroatoms. The number of nitrogens with two attached hydrogens (primary N) is 1. The molecule has 0 bridgehead atoms. The molecule has 5 rings (SSSR count). The van der Waals surface area contributed by atoms with E-state index in [9.17, 15) is 18.0 Å². The molecule has 2 unspecified atom stereocenters. The molecule has 188 valence electrons. The van der Waals surface area contributed by atoms with Crippen LogP contribution in [0.2, 0.25) is 0 Å². The quantitative estimate of drug-likeness (QED) is 0.297. The first-order valence-electron chi connectivity index (χ1n) is 12.4. The average molecular weight is 494 g/mol. The Kier molecular flexibility index (Phi) is 6.18. The molecule has 0 spiro atoms. The molecule has 4 nitrogen and oxygen atoms in total. The van der Waals surface area contributed by atoms with E-state index in [0.29, 0.717) is 12.8 Å². The molecule has 1 amide bonds. The maximum Gasteiger partial charge on any atom is 0.405 e. The maximum atomic E-state index is 13.7. The molecule has 2 aromatic carbocycles. The number of allylic oxidation sites excluding steroid dienone is 3. The fourth-order valence-corrected chi connectivity index (χ4v) is 6.06. The predicted molar refractivity (Wildman–Crippen MR) is 137 cm³/mol. The van der Waals surface area contributed by atoms with Gasteiger partial charge in [0, 0.05) is 23.8 Å². The number of nitrogens with zero attached hydrogens (tertiary/aromatic N) is 1. The standard InChI is InChI=1S/C29H30F3N3O/c1-19-8-6-10-21-20-9-2-3-11-23(20)28(26(19)21,27(36)34-18-29(30,31)32)15-4-5-16-35-17-14-22-24(33)12-7-13-25(22)35/h2-3,6-7,9-14,17,19H,4-5,8,15-16,18,33H2,1H3,(H,34,36). The lowest BCUT2D eigenvalue weighted by Gasteiger charge is -2.36. The highest BCUT2D eigenvalue weighted by Gasteiger charge is 2.52. The van der Waals surface area contributed by atoms with Crippen molar-refractivity contribution in [1.29, 1.82) is 0 Å². The zero-order chi connectivity index (χ0) is 25.5. The number of benzene rings is 2. The van der Waals surface area contributed by atoms with Crippen LogP contribution < -0.4 is 11.1 Å². The zero-order valence-corrected chi connectivity index (χ0v) is 20.2. The number of hydrogen-bond donors (Lipinski definition) is 2. The number of hydrogen-bond acceptors (Lipinski definition) is 2. The third kappa shape index (κ3) is 4.10. The van der Waals surface area contributed by atoms with Crippen molar-refractivity contribution in [2.45, 2.75) is 50.7 Å². The average Bonchev–Trinajstić information content (AvgIpc) is 3.39. The lowest BCUT2D eigenvalue weighted by Crippen LogP contribution is -2.48. The second kappa shape index (κ2) is 9.19. The number of nitrogens with one attached hydrogen (secondary N) is 1. The van der Waals surface area contributed by atoms with E-state index in [1.54, 1.807) is 0 Å². The molecule has 0 saturated heterocycles. The van der Waals surface area contributed by atoms with Gasteiger partial charge in [-0.2, -0.15) is 13.2 Å². The SMILES string of the molecule is CC1CC=CC2=C1C(CCCCn1ccc3c(N)cccc31)(C(=O)NCC(F)(F)F)c1ccccc12. The highest BCUT2D eigenvalue weighted by molar-refractivity contribution is 6.02. The number of carbonyl (C=O) groups is 1. The topological polar surface area (TPSA) is 60.0 Å². The predicted octanol–water partition coefficient (Wildman–Crippen LogP) is 6.37. The van der Waals surface area contributed by atoms with Gasteiger partial charge in [-0.05, 0) is 72.1 Å². The summed E-state index contributed by atoms with van der Waals surface area (Å²) in [5, 5.41) is 3.25. The van der Waals surface area contributed by atoms with Gasteiger partial charge in [-0.15, -0.1) is 0 Å². The van der Waals surface area contributed by atoms with Gasteiger partial charge in [-0.1, -0.05) is 49.4 Å². The van der Waals surface area contributed by atoms with Gasteiger partial charge in [0.1, 0.15) is 6.54 Å². The van der Waals surface area contributed by atoms with Crippen LogP contribution in [0.3, 0.4) is 0 Å². The fraction of sp³-hybridized carbons (Fsp3) is 0.345. The highest BCUT2D eigenvalue weighted by Crippen LogP contribution is 2.54. The molecule has 0 fully saturated rings. The van der Waals surface area contributed by atoms with E-state index in [1.165, 1.54) is 0 Å². The van der Waals surface area contributed by atoms with Crippen molar-refractivity contribution in [3.05, 3.63) is 83.6 Å². The van der Waals surface area contributed by atoms with Gasteiger partial charge in [0.25, 0.3) is 0 Å². The Morgan fingerprint density at radius 2 is 1.94 bits per heavy atom. The number of fused-ring (bicyclic) bond motifs is 3. The number of anilines is 1. The number of nitrogen functional groups attached to an aromatic ring is 1. The first-order valence-corrected chi connectivity index (χ1v) is 12.4. The molecule has 1 aromatic heterocycles. The Morgan fingerprint density at radius 1 is 1.14 bits per heavy atom. The Labute approximate surface area is 208 Å². The Bertz CT molecular complexity index is 1370. The number of aryl methyl sites for hydroxylation is 1. The summed E-state index contributed by atoms with van der Waals surface area (Å²) in [7, 11) is 0. The molecule has 0 saturated carbocycles. The first kappa shape index (κ1) is 24.2. The summed E-state index contributed by atoms with van der Waals surface area (Å²) in [6.07, 6.45) is 4.33. The smallest absolute Gasteiger partial charge is 0.398 e. The van der Waals surface area contributed by atoms with Gasteiger partial charge < -0.3 is 15.6 Å². The van der Waals surface area contributed by atoms with Crippen LogP contribution >= 0.6 is 0 Å². The summed E-state index contributed by atoms with van der Waals surface area (Å²) in [6, 6.07) is 15.5. The van der Waals surface area contributed by atoms with Gasteiger partial charge >= 0.3 is 6.18 Å². The van der Waals surface area contributed by atoms with Gasteiger partial charge in [0.15, 0.2) is 0 Å². The number of carbonyl (C=O) groups excluding carboxylic acids is 1. The Hall–Kier alpha value is -3.48. The first-order chi connectivity index (χ1) is 17.2. The van der Waals surface area contributed by atoms with E-state index in [1.807, 2.05) is 60.8 Å². The van der Waals surface area contributed by atoms with Crippen LogP contribution in [0.5, 0.6) is 0 Å². The molecule has 3 aromatic rings. The van der Waals surface area contributed by atoms with E-state index < -0.39 is 24.0 Å². The summed E-state index contributed by atoms with van der Waals surface area (Å²) in [5.74, 6) is -0.496. The summed E-state index contributed by atoms with van der Waals surface area (Å²) >= 11 is 0. The van der Waals surface area contributed by atoms with Gasteiger partial charge in [0.2, 0.25) is 5.91 Å². The van der Waals surface area contributed by atoms with E-state index in [2.05, 4.69) is 22.9 Å². The third-order valence-corrected chi connectivity index (χ3v) is 7.58. The molecule has 1 heterocycles. The lowest BCUT2D eigenvalue weighted by molar-refractivity contribution is -0.141. The molecular formula is C29H30F3N3O. The van der Waals surface area contributed by atoms with Crippen molar-refractivity contribution in [2.24, 2.45) is 5.92 Å². The summed E-state index contributed by atoms with van der Waals surface area (Å²) < 4.78 is 41.5. The summed E-state index contributed by atoms with van der Waals surface area (Å²) in [5.41, 5.74) is 10.5. The second-order valence-corrected chi connectivity index (χ2v) is 9.86. The van der Waals surface area contributed by atoms with Crippen LogP contribution in [0.15, 0.2) is 72.5 Å². The van der Waals surface area contributed by atoms with Crippen LogP contribution in [0, 0.1) is 5.92 Å². The minimum atomic E-state index is -4.47. The van der Waals surface area contributed by atoms with E-state index in [0.717, 1.165) is 58.2 Å². The number of rotatable bonds is 7. The molecule has 36 heavy (non-hydrogen) atoms. The van der Waals surface area contributed by atoms with Crippen LogP contribution in [-0.4, -0.2) is 23.2 Å². The molecule has 2 aliphatic rings. The van der Waals surface area contributed by atoms with Crippen molar-refractivity contribution in [1.82, 2.24) is 9.88 Å². The molecule has 2 aliphatic carbocycles. The number of amides is 1. The molecule has 2 atom stereocenters. The van der Waals surface area contributed by atoms with Crippen LogP contribution in [0.1, 0.15) is 43.7 Å². The number of aromatic nitrogens is 1. The largest absolute Gasteiger partial charge is 0.405 e. The monoisotopic (exact) mass is 493 g/mol. The molecular weight excluding hydrogens is 463 g/mol. The van der Waals surface area contributed by atoms with Crippen LogP contribution in [0.25, 0.3) is 16.5 Å². The Balaban J connectivity index is 1.45. The molecule has 3 N–H and O–H groups in total. The highest BCUT2D eigenvalue weighted by atomic mass is 19.4. The third-order valence-electron chi connectivity index (χ3n) is 7.58. The van der Waals surface area contributed by atoms with Gasteiger partial charge in [-0.3, -0.25) is 4.79 Å². The van der Waals surface area contributed by atoms with Crippen molar-refractivity contribution in [3.63, 3.8) is 0 Å². The lowest BCUT2D eigenvalue weighted by atomic mass is 9.67. The molecule has 0 radical (unpaired) electrons.